The van der Waals surface area contributed by atoms with Gasteiger partial charge in [-0.15, -0.1) is 0 Å². The summed E-state index contributed by atoms with van der Waals surface area (Å²) in [4.78, 5) is 12.6. The fourth-order valence-electron chi connectivity index (χ4n) is 3.14. The van der Waals surface area contributed by atoms with Gasteiger partial charge in [-0.3, -0.25) is 4.79 Å². The predicted octanol–water partition coefficient (Wildman–Crippen LogP) is 4.00. The second kappa shape index (κ2) is 7.79. The van der Waals surface area contributed by atoms with Crippen LogP contribution in [0.4, 0.5) is 0 Å². The summed E-state index contributed by atoms with van der Waals surface area (Å²) in [6.07, 6.45) is 3.26. The van der Waals surface area contributed by atoms with Gasteiger partial charge in [0, 0.05) is 23.2 Å². The smallest absolute Gasteiger partial charge is 0.254 e. The quantitative estimate of drug-likeness (QED) is 0.689. The van der Waals surface area contributed by atoms with Crippen LogP contribution in [0.5, 0.6) is 11.5 Å². The molecule has 7 heteroatoms. The molecule has 2 heterocycles. The predicted molar refractivity (Wildman–Crippen MR) is 111 cm³/mol. The number of amides is 1. The Morgan fingerprint density at radius 2 is 1.86 bits per heavy atom. The maximum Gasteiger partial charge on any atom is 0.254 e. The van der Waals surface area contributed by atoms with Gasteiger partial charge in [-0.1, -0.05) is 31.5 Å². The summed E-state index contributed by atoms with van der Waals surface area (Å²) in [5.41, 5.74) is 2.12. The molecule has 0 radical (unpaired) electrons. The molecule has 0 bridgehead atoms. The summed E-state index contributed by atoms with van der Waals surface area (Å²) >= 11 is 5.92. The van der Waals surface area contributed by atoms with Gasteiger partial charge in [0.25, 0.3) is 5.91 Å². The van der Waals surface area contributed by atoms with E-state index >= 15 is 0 Å². The zero-order valence-corrected chi connectivity index (χ0v) is 17.1. The SMILES string of the molecule is CC(C)(CNC(=O)c1cnn(-c2ccc(Cl)cc2)c1)c1ccc2c(c1)OCCO2. The standard InChI is InChI=1S/C22H22ClN3O3/c1-22(2,16-3-8-19-20(11-16)29-10-9-28-19)14-24-21(27)15-12-25-26(13-15)18-6-4-17(23)5-7-18/h3-8,11-13H,9-10,14H2,1-2H3,(H,24,27). The van der Waals surface area contributed by atoms with Gasteiger partial charge in [0.15, 0.2) is 11.5 Å². The van der Waals surface area contributed by atoms with Crippen LogP contribution in [0.25, 0.3) is 5.69 Å². The van der Waals surface area contributed by atoms with Crippen molar-refractivity contribution in [2.24, 2.45) is 0 Å². The molecule has 1 aliphatic rings. The second-order valence-corrected chi connectivity index (χ2v) is 8.01. The van der Waals surface area contributed by atoms with E-state index in [1.807, 2.05) is 30.3 Å². The number of carbonyl (C=O) groups is 1. The number of fused-ring (bicyclic) bond motifs is 1. The number of aromatic nitrogens is 2. The van der Waals surface area contributed by atoms with Crippen molar-refractivity contribution < 1.29 is 14.3 Å². The number of nitrogens with zero attached hydrogens (tertiary/aromatic N) is 2. The molecule has 29 heavy (non-hydrogen) atoms. The van der Waals surface area contributed by atoms with E-state index < -0.39 is 0 Å². The van der Waals surface area contributed by atoms with Crippen molar-refractivity contribution in [3.05, 3.63) is 71.0 Å². The largest absolute Gasteiger partial charge is 0.486 e. The van der Waals surface area contributed by atoms with E-state index in [2.05, 4.69) is 24.3 Å². The van der Waals surface area contributed by atoms with E-state index in [9.17, 15) is 4.79 Å². The minimum Gasteiger partial charge on any atom is -0.486 e. The molecule has 2 aromatic carbocycles. The van der Waals surface area contributed by atoms with E-state index in [0.29, 0.717) is 30.3 Å². The maximum absolute atomic E-state index is 12.6. The molecule has 1 amide bonds. The first-order valence-corrected chi connectivity index (χ1v) is 9.79. The van der Waals surface area contributed by atoms with Crippen molar-refractivity contribution in [2.75, 3.05) is 19.8 Å². The summed E-state index contributed by atoms with van der Waals surface area (Å²) in [6.45, 7) is 5.74. The van der Waals surface area contributed by atoms with E-state index in [1.165, 1.54) is 0 Å². The van der Waals surface area contributed by atoms with Gasteiger partial charge in [0.1, 0.15) is 13.2 Å². The lowest BCUT2D eigenvalue weighted by atomic mass is 9.84. The zero-order valence-electron chi connectivity index (χ0n) is 16.3. The average molecular weight is 412 g/mol. The van der Waals surface area contributed by atoms with Gasteiger partial charge in [-0.25, -0.2) is 4.68 Å². The molecule has 4 rings (SSSR count). The molecule has 0 aliphatic carbocycles. The fourth-order valence-corrected chi connectivity index (χ4v) is 3.27. The molecule has 150 valence electrons. The van der Waals surface area contributed by atoms with Crippen LogP contribution in [0.15, 0.2) is 54.9 Å². The van der Waals surface area contributed by atoms with Gasteiger partial charge in [0.2, 0.25) is 0 Å². The zero-order chi connectivity index (χ0) is 20.4. The summed E-state index contributed by atoms with van der Waals surface area (Å²) in [5, 5.41) is 7.93. The number of benzene rings is 2. The third-order valence-electron chi connectivity index (χ3n) is 4.95. The Bertz CT molecular complexity index is 1030. The third kappa shape index (κ3) is 4.22. The Hall–Kier alpha value is -2.99. The highest BCUT2D eigenvalue weighted by Gasteiger charge is 2.24. The first-order valence-electron chi connectivity index (χ1n) is 9.41. The molecule has 0 spiro atoms. The Labute approximate surface area is 174 Å². The van der Waals surface area contributed by atoms with Crippen molar-refractivity contribution in [1.29, 1.82) is 0 Å². The van der Waals surface area contributed by atoms with E-state index in [-0.39, 0.29) is 11.3 Å². The minimum absolute atomic E-state index is 0.171. The van der Waals surface area contributed by atoms with Crippen LogP contribution in [0, 0.1) is 0 Å². The monoisotopic (exact) mass is 411 g/mol. The van der Waals surface area contributed by atoms with E-state index in [0.717, 1.165) is 22.7 Å². The number of halogens is 1. The van der Waals surface area contributed by atoms with Gasteiger partial charge >= 0.3 is 0 Å². The first-order chi connectivity index (χ1) is 13.9. The van der Waals surface area contributed by atoms with E-state index in [4.69, 9.17) is 21.1 Å². The van der Waals surface area contributed by atoms with Gasteiger partial charge < -0.3 is 14.8 Å². The molecule has 0 unspecified atom stereocenters. The lowest BCUT2D eigenvalue weighted by molar-refractivity contribution is 0.0945. The topological polar surface area (TPSA) is 65.4 Å². The molecule has 1 aromatic heterocycles. The van der Waals surface area contributed by atoms with Crippen molar-refractivity contribution >= 4 is 17.5 Å². The van der Waals surface area contributed by atoms with Crippen LogP contribution >= 0.6 is 11.6 Å². The number of nitrogens with one attached hydrogen (secondary N) is 1. The molecule has 0 fully saturated rings. The van der Waals surface area contributed by atoms with Gasteiger partial charge in [-0.05, 0) is 42.0 Å². The molecule has 1 aliphatic heterocycles. The van der Waals surface area contributed by atoms with Gasteiger partial charge in [0.05, 0.1) is 17.4 Å². The van der Waals surface area contributed by atoms with Crippen molar-refractivity contribution in [2.45, 2.75) is 19.3 Å². The molecule has 0 saturated heterocycles. The van der Waals surface area contributed by atoms with Gasteiger partial charge in [-0.2, -0.15) is 5.10 Å². The average Bonchev–Trinajstić information content (AvgIpc) is 3.22. The van der Waals surface area contributed by atoms with Crippen LogP contribution in [0.3, 0.4) is 0 Å². The Morgan fingerprint density at radius 3 is 2.62 bits per heavy atom. The van der Waals surface area contributed by atoms with Crippen LogP contribution in [0.2, 0.25) is 5.02 Å². The molecule has 0 atom stereocenters. The van der Waals surface area contributed by atoms with Crippen molar-refractivity contribution in [3.63, 3.8) is 0 Å². The number of hydrogen-bond acceptors (Lipinski definition) is 4. The number of rotatable bonds is 5. The highest BCUT2D eigenvalue weighted by atomic mass is 35.5. The lowest BCUT2D eigenvalue weighted by Crippen LogP contribution is -2.36. The summed E-state index contributed by atoms with van der Waals surface area (Å²) in [7, 11) is 0. The lowest BCUT2D eigenvalue weighted by Gasteiger charge is -2.27. The molecule has 0 saturated carbocycles. The van der Waals surface area contributed by atoms with E-state index in [1.54, 1.807) is 29.2 Å². The Kier molecular flexibility index (Phi) is 5.20. The third-order valence-corrected chi connectivity index (χ3v) is 5.20. The molecule has 3 aromatic rings. The first kappa shape index (κ1) is 19.3. The summed E-state index contributed by atoms with van der Waals surface area (Å²) in [6, 6.07) is 13.2. The Morgan fingerprint density at radius 1 is 1.14 bits per heavy atom. The maximum atomic E-state index is 12.6. The number of carbonyl (C=O) groups excluding carboxylic acids is 1. The van der Waals surface area contributed by atoms with Crippen LogP contribution < -0.4 is 14.8 Å². The molecular weight excluding hydrogens is 390 g/mol. The fraction of sp³-hybridized carbons (Fsp3) is 0.273. The Balaban J connectivity index is 1.43. The summed E-state index contributed by atoms with van der Waals surface area (Å²) in [5.74, 6) is 1.34. The molecule has 1 N–H and O–H groups in total. The normalized spacial score (nSPS) is 13.2. The van der Waals surface area contributed by atoms with Crippen LogP contribution in [-0.2, 0) is 5.41 Å². The summed E-state index contributed by atoms with van der Waals surface area (Å²) < 4.78 is 12.9. The van der Waals surface area contributed by atoms with Crippen molar-refractivity contribution in [1.82, 2.24) is 15.1 Å². The van der Waals surface area contributed by atoms with Crippen molar-refractivity contribution in [3.8, 4) is 17.2 Å². The molecular formula is C22H22ClN3O3. The highest BCUT2D eigenvalue weighted by molar-refractivity contribution is 6.30. The second-order valence-electron chi connectivity index (χ2n) is 7.57. The van der Waals surface area contributed by atoms with Crippen LogP contribution in [-0.4, -0.2) is 35.4 Å². The van der Waals surface area contributed by atoms with Crippen LogP contribution in [0.1, 0.15) is 29.8 Å². The minimum atomic E-state index is -0.280. The number of ether oxygens (including phenoxy) is 2. The number of hydrogen-bond donors (Lipinski definition) is 1. The molecule has 6 nitrogen and oxygen atoms in total. The highest BCUT2D eigenvalue weighted by Crippen LogP contribution is 2.34.